The molecule has 1 aliphatic heterocycles. The van der Waals surface area contributed by atoms with Gasteiger partial charge in [0.1, 0.15) is 5.69 Å². The van der Waals surface area contributed by atoms with Crippen LogP contribution in [0.3, 0.4) is 0 Å². The lowest BCUT2D eigenvalue weighted by Crippen LogP contribution is -2.46. The molecule has 1 aliphatic rings. The predicted octanol–water partition coefficient (Wildman–Crippen LogP) is 2.75. The highest BCUT2D eigenvalue weighted by atomic mass is 19.2. The van der Waals surface area contributed by atoms with Gasteiger partial charge in [0.25, 0.3) is 5.91 Å². The number of pyridine rings is 1. The summed E-state index contributed by atoms with van der Waals surface area (Å²) >= 11 is 0. The van der Waals surface area contributed by atoms with E-state index in [1.807, 2.05) is 6.07 Å². The predicted molar refractivity (Wildman–Crippen MR) is 92.9 cm³/mol. The lowest BCUT2D eigenvalue weighted by Gasteiger charge is -2.35. The number of nitrogens with zero attached hydrogens (tertiary/aromatic N) is 3. The molecule has 5 nitrogen and oxygen atoms in total. The smallest absolute Gasteiger partial charge is 0.274 e. The van der Waals surface area contributed by atoms with Gasteiger partial charge in [-0.25, -0.2) is 13.8 Å². The van der Waals surface area contributed by atoms with E-state index in [1.54, 1.807) is 12.3 Å². The molecule has 0 radical (unpaired) electrons. The van der Waals surface area contributed by atoms with Gasteiger partial charge in [0.2, 0.25) is 0 Å². The number of hydrogen-bond acceptors (Lipinski definition) is 4. The Morgan fingerprint density at radius 2 is 1.88 bits per heavy atom. The highest BCUT2D eigenvalue weighted by Gasteiger charge is 2.17. The van der Waals surface area contributed by atoms with Crippen LogP contribution in [0.1, 0.15) is 17.4 Å². The lowest BCUT2D eigenvalue weighted by molar-refractivity contribution is 0.102. The first kappa shape index (κ1) is 17.3. The van der Waals surface area contributed by atoms with Gasteiger partial charge >= 0.3 is 0 Å². The third kappa shape index (κ3) is 4.11. The van der Waals surface area contributed by atoms with Crippen LogP contribution in [0.15, 0.2) is 36.5 Å². The third-order valence-corrected chi connectivity index (χ3v) is 4.34. The highest BCUT2D eigenvalue weighted by Crippen LogP contribution is 2.17. The zero-order valence-electron chi connectivity index (χ0n) is 14.0. The Kier molecular flexibility index (Phi) is 5.23. The van der Waals surface area contributed by atoms with Crippen molar-refractivity contribution in [3.63, 3.8) is 0 Å². The van der Waals surface area contributed by atoms with Gasteiger partial charge in [-0.3, -0.25) is 4.79 Å². The number of carbonyl (C=O) groups is 1. The largest absolute Gasteiger partial charge is 0.368 e. The first-order valence-corrected chi connectivity index (χ1v) is 8.26. The van der Waals surface area contributed by atoms with Gasteiger partial charge in [0.15, 0.2) is 11.6 Å². The summed E-state index contributed by atoms with van der Waals surface area (Å²) in [6.07, 6.45) is 1.67. The van der Waals surface area contributed by atoms with Crippen molar-refractivity contribution in [1.82, 2.24) is 9.88 Å². The summed E-state index contributed by atoms with van der Waals surface area (Å²) in [6.45, 7) is 7.07. The minimum Gasteiger partial charge on any atom is -0.368 e. The normalized spacial score (nSPS) is 15.2. The topological polar surface area (TPSA) is 48.5 Å². The minimum atomic E-state index is -1.01. The van der Waals surface area contributed by atoms with Crippen LogP contribution in [0, 0.1) is 11.6 Å². The molecular weight excluding hydrogens is 326 g/mol. The lowest BCUT2D eigenvalue weighted by atomic mass is 10.2. The quantitative estimate of drug-likeness (QED) is 0.925. The summed E-state index contributed by atoms with van der Waals surface area (Å²) in [5.74, 6) is -2.43. The van der Waals surface area contributed by atoms with Crippen LogP contribution < -0.4 is 10.2 Å². The summed E-state index contributed by atoms with van der Waals surface area (Å²) in [7, 11) is 0. The van der Waals surface area contributed by atoms with E-state index in [-0.39, 0.29) is 11.4 Å². The van der Waals surface area contributed by atoms with E-state index in [4.69, 9.17) is 0 Å². The van der Waals surface area contributed by atoms with Crippen LogP contribution in [0.5, 0.6) is 0 Å². The number of likely N-dealkylation sites (N-methyl/N-ethyl adjacent to an activating group) is 1. The molecule has 7 heteroatoms. The second-order valence-electron chi connectivity index (χ2n) is 5.91. The molecule has 0 bridgehead atoms. The standard InChI is InChI=1S/C18H20F2N4O/c1-2-23-7-9-24(10-8-23)14-4-6-17(21-12-14)18(25)22-13-3-5-15(19)16(20)11-13/h3-6,11-12H,2,7-10H2,1H3,(H,22,25). The van der Waals surface area contributed by atoms with Crippen molar-refractivity contribution >= 4 is 17.3 Å². The summed E-state index contributed by atoms with van der Waals surface area (Å²) in [5, 5.41) is 2.51. The Morgan fingerprint density at radius 1 is 1.12 bits per heavy atom. The van der Waals surface area contributed by atoms with E-state index in [9.17, 15) is 13.6 Å². The van der Waals surface area contributed by atoms with Crippen LogP contribution in [-0.2, 0) is 0 Å². The second kappa shape index (κ2) is 7.57. The maximum atomic E-state index is 13.2. The molecule has 1 saturated heterocycles. The molecule has 1 amide bonds. The van der Waals surface area contributed by atoms with Gasteiger partial charge in [0, 0.05) is 37.9 Å². The van der Waals surface area contributed by atoms with Crippen molar-refractivity contribution in [2.45, 2.75) is 6.92 Å². The Hall–Kier alpha value is -2.54. The molecule has 1 aromatic carbocycles. The number of nitrogens with one attached hydrogen (secondary N) is 1. The van der Waals surface area contributed by atoms with E-state index >= 15 is 0 Å². The number of aromatic nitrogens is 1. The monoisotopic (exact) mass is 346 g/mol. The first-order valence-electron chi connectivity index (χ1n) is 8.26. The Bertz CT molecular complexity index is 743. The van der Waals surface area contributed by atoms with Crippen molar-refractivity contribution in [2.75, 3.05) is 42.9 Å². The molecule has 0 aliphatic carbocycles. The van der Waals surface area contributed by atoms with Crippen molar-refractivity contribution in [2.24, 2.45) is 0 Å². The van der Waals surface area contributed by atoms with E-state index in [2.05, 4.69) is 27.0 Å². The van der Waals surface area contributed by atoms with Crippen LogP contribution in [-0.4, -0.2) is 48.5 Å². The number of amides is 1. The van der Waals surface area contributed by atoms with Gasteiger partial charge < -0.3 is 15.1 Å². The molecule has 1 fully saturated rings. The van der Waals surface area contributed by atoms with Crippen molar-refractivity contribution in [3.05, 3.63) is 53.9 Å². The number of hydrogen-bond donors (Lipinski definition) is 1. The zero-order chi connectivity index (χ0) is 17.8. The van der Waals surface area contributed by atoms with Gasteiger partial charge in [-0.2, -0.15) is 0 Å². The molecule has 25 heavy (non-hydrogen) atoms. The Morgan fingerprint density at radius 3 is 2.48 bits per heavy atom. The first-order chi connectivity index (χ1) is 12.1. The molecule has 0 atom stereocenters. The minimum absolute atomic E-state index is 0.186. The third-order valence-electron chi connectivity index (χ3n) is 4.34. The van der Waals surface area contributed by atoms with Gasteiger partial charge in [-0.1, -0.05) is 6.92 Å². The summed E-state index contributed by atoms with van der Waals surface area (Å²) in [5.41, 5.74) is 1.38. The average Bonchev–Trinajstić information content (AvgIpc) is 2.65. The average molecular weight is 346 g/mol. The molecule has 1 N–H and O–H groups in total. The maximum absolute atomic E-state index is 13.2. The number of rotatable bonds is 4. The number of anilines is 2. The molecule has 2 heterocycles. The van der Waals surface area contributed by atoms with Crippen molar-refractivity contribution in [1.29, 1.82) is 0 Å². The summed E-state index contributed by atoms with van der Waals surface area (Å²) in [6, 6.07) is 6.70. The van der Waals surface area contributed by atoms with E-state index in [0.29, 0.717) is 0 Å². The second-order valence-corrected chi connectivity index (χ2v) is 5.91. The number of piperazine rings is 1. The highest BCUT2D eigenvalue weighted by molar-refractivity contribution is 6.02. The van der Waals surface area contributed by atoms with Crippen LogP contribution in [0.2, 0.25) is 0 Å². The maximum Gasteiger partial charge on any atom is 0.274 e. The Labute approximate surface area is 145 Å². The molecule has 2 aromatic rings. The van der Waals surface area contributed by atoms with Crippen LogP contribution >= 0.6 is 0 Å². The summed E-state index contributed by atoms with van der Waals surface area (Å²) in [4.78, 5) is 21.0. The van der Waals surface area contributed by atoms with Crippen LogP contribution in [0.25, 0.3) is 0 Å². The fourth-order valence-electron chi connectivity index (χ4n) is 2.80. The van der Waals surface area contributed by atoms with E-state index in [1.165, 1.54) is 6.07 Å². The zero-order valence-corrected chi connectivity index (χ0v) is 14.0. The molecular formula is C18H20F2N4O. The van der Waals surface area contributed by atoms with E-state index in [0.717, 1.165) is 50.5 Å². The fourth-order valence-corrected chi connectivity index (χ4v) is 2.80. The van der Waals surface area contributed by atoms with Gasteiger partial charge in [-0.05, 0) is 30.8 Å². The summed E-state index contributed by atoms with van der Waals surface area (Å²) < 4.78 is 26.1. The Balaban J connectivity index is 1.63. The SMILES string of the molecule is CCN1CCN(c2ccc(C(=O)Nc3ccc(F)c(F)c3)nc2)CC1. The number of halogens is 2. The van der Waals surface area contributed by atoms with Crippen molar-refractivity contribution in [3.8, 4) is 0 Å². The molecule has 1 aromatic heterocycles. The number of carbonyl (C=O) groups excluding carboxylic acids is 1. The van der Waals surface area contributed by atoms with Crippen LogP contribution in [0.4, 0.5) is 20.2 Å². The van der Waals surface area contributed by atoms with Gasteiger partial charge in [-0.15, -0.1) is 0 Å². The number of benzene rings is 1. The fraction of sp³-hybridized carbons (Fsp3) is 0.333. The van der Waals surface area contributed by atoms with Crippen molar-refractivity contribution < 1.29 is 13.6 Å². The molecule has 0 unspecified atom stereocenters. The molecule has 3 rings (SSSR count). The molecule has 0 saturated carbocycles. The molecule has 132 valence electrons. The van der Waals surface area contributed by atoms with Gasteiger partial charge in [0.05, 0.1) is 11.9 Å². The molecule has 0 spiro atoms. The van der Waals surface area contributed by atoms with E-state index < -0.39 is 17.5 Å².